The first-order valence-corrected chi connectivity index (χ1v) is 10.6. The number of hydrogen-bond acceptors (Lipinski definition) is 6. The highest BCUT2D eigenvalue weighted by molar-refractivity contribution is 7.92. The molecule has 0 saturated heterocycles. The summed E-state index contributed by atoms with van der Waals surface area (Å²) in [5, 5.41) is 0. The average Bonchev–Trinajstić information content (AvgIpc) is 2.52. The lowest BCUT2D eigenvalue weighted by Crippen LogP contribution is -2.23. The lowest BCUT2D eigenvalue weighted by atomic mass is 10.1. The van der Waals surface area contributed by atoms with Crippen molar-refractivity contribution in [1.29, 1.82) is 0 Å². The molecule has 0 aliphatic carbocycles. The third-order valence-electron chi connectivity index (χ3n) is 3.32. The molecule has 1 unspecified atom stereocenters. The minimum Gasteiger partial charge on any atom is -0.376 e. The zero-order valence-corrected chi connectivity index (χ0v) is 15.1. The summed E-state index contributed by atoms with van der Waals surface area (Å²) in [6, 6.07) is 7.68. The Morgan fingerprint density at radius 2 is 1.80 bits per heavy atom. The fraction of sp³-hybridized carbons (Fsp3) is 0.267. The van der Waals surface area contributed by atoms with E-state index in [0.29, 0.717) is 5.56 Å². The highest BCUT2D eigenvalue weighted by Crippen LogP contribution is 2.21. The van der Waals surface area contributed by atoms with E-state index in [2.05, 4.69) is 9.71 Å². The molecular formula is C15H17FN2O5S2. The standard InChI is InChI=1S/C15H17FN2O5S2/c1-23-14(11-3-5-12(16)6-4-11)10-25(21,22)18-15-9-13(7-8-17-15)24(2,19)20/h3-9,14H,10H2,1-2H3,(H,17,18). The Morgan fingerprint density at radius 1 is 1.16 bits per heavy atom. The highest BCUT2D eigenvalue weighted by atomic mass is 32.2. The van der Waals surface area contributed by atoms with Crippen molar-refractivity contribution in [3.8, 4) is 0 Å². The van der Waals surface area contributed by atoms with Crippen LogP contribution in [0.3, 0.4) is 0 Å². The molecule has 2 rings (SSSR count). The van der Waals surface area contributed by atoms with Crippen LogP contribution in [0.5, 0.6) is 0 Å². The summed E-state index contributed by atoms with van der Waals surface area (Å²) in [6.07, 6.45) is 1.38. The minimum absolute atomic E-state index is 0.0537. The largest absolute Gasteiger partial charge is 0.376 e. The Morgan fingerprint density at radius 3 is 2.36 bits per heavy atom. The predicted molar refractivity (Wildman–Crippen MR) is 90.9 cm³/mol. The fourth-order valence-corrected chi connectivity index (χ4v) is 3.95. The molecule has 1 aromatic carbocycles. The van der Waals surface area contributed by atoms with Crippen LogP contribution in [-0.2, 0) is 24.6 Å². The van der Waals surface area contributed by atoms with Crippen molar-refractivity contribution in [2.24, 2.45) is 0 Å². The van der Waals surface area contributed by atoms with E-state index in [1.54, 1.807) is 0 Å². The molecule has 2 aromatic rings. The van der Waals surface area contributed by atoms with Crippen LogP contribution in [-0.4, -0.2) is 40.9 Å². The Hall–Kier alpha value is -2.04. The fourth-order valence-electron chi connectivity index (χ4n) is 2.08. The first kappa shape index (κ1) is 19.3. The molecule has 25 heavy (non-hydrogen) atoms. The van der Waals surface area contributed by atoms with Gasteiger partial charge in [0.1, 0.15) is 11.6 Å². The smallest absolute Gasteiger partial charge is 0.236 e. The molecular weight excluding hydrogens is 371 g/mol. The third-order valence-corrected chi connectivity index (χ3v) is 5.69. The zero-order chi connectivity index (χ0) is 18.7. The molecule has 0 bridgehead atoms. The summed E-state index contributed by atoms with van der Waals surface area (Å²) >= 11 is 0. The van der Waals surface area contributed by atoms with Gasteiger partial charge in [0.25, 0.3) is 0 Å². The molecule has 0 spiro atoms. The molecule has 0 saturated carbocycles. The van der Waals surface area contributed by atoms with Crippen molar-refractivity contribution < 1.29 is 26.0 Å². The SMILES string of the molecule is COC(CS(=O)(=O)Nc1cc(S(C)(=O)=O)ccn1)c1ccc(F)cc1. The zero-order valence-electron chi connectivity index (χ0n) is 13.5. The van der Waals surface area contributed by atoms with Gasteiger partial charge in [0, 0.05) is 25.6 Å². The molecule has 1 atom stereocenters. The van der Waals surface area contributed by atoms with Gasteiger partial charge in [-0.05, 0) is 23.8 Å². The number of ether oxygens (including phenoxy) is 1. The number of aromatic nitrogens is 1. The number of nitrogens with zero attached hydrogens (tertiary/aromatic N) is 1. The van der Waals surface area contributed by atoms with Gasteiger partial charge >= 0.3 is 0 Å². The van der Waals surface area contributed by atoms with Crippen molar-refractivity contribution in [2.75, 3.05) is 23.8 Å². The van der Waals surface area contributed by atoms with Gasteiger partial charge in [-0.25, -0.2) is 26.2 Å². The van der Waals surface area contributed by atoms with Crippen LogP contribution < -0.4 is 4.72 Å². The number of benzene rings is 1. The van der Waals surface area contributed by atoms with E-state index >= 15 is 0 Å². The summed E-state index contributed by atoms with van der Waals surface area (Å²) in [4.78, 5) is 3.76. The summed E-state index contributed by atoms with van der Waals surface area (Å²) in [7, 11) is -6.04. The topological polar surface area (TPSA) is 102 Å². The van der Waals surface area contributed by atoms with Gasteiger partial charge < -0.3 is 4.74 Å². The summed E-state index contributed by atoms with van der Waals surface area (Å²) < 4.78 is 68.1. The van der Waals surface area contributed by atoms with Gasteiger partial charge in [0.2, 0.25) is 10.0 Å². The second kappa shape index (κ2) is 7.46. The number of nitrogens with one attached hydrogen (secondary N) is 1. The normalized spacial score (nSPS) is 13.4. The van der Waals surface area contributed by atoms with E-state index in [1.165, 1.54) is 43.6 Å². The summed E-state index contributed by atoms with van der Waals surface area (Å²) in [5.74, 6) is -1.00. The molecule has 0 radical (unpaired) electrons. The van der Waals surface area contributed by atoms with Gasteiger partial charge in [0.05, 0.1) is 16.8 Å². The van der Waals surface area contributed by atoms with E-state index in [9.17, 15) is 21.2 Å². The molecule has 1 aromatic heterocycles. The Bertz CT molecular complexity index is 944. The van der Waals surface area contributed by atoms with Crippen LogP contribution in [0.2, 0.25) is 0 Å². The van der Waals surface area contributed by atoms with Gasteiger partial charge in [-0.1, -0.05) is 12.1 Å². The van der Waals surface area contributed by atoms with Crippen molar-refractivity contribution in [3.05, 3.63) is 54.0 Å². The van der Waals surface area contributed by atoms with Gasteiger partial charge in [-0.2, -0.15) is 0 Å². The van der Waals surface area contributed by atoms with Crippen molar-refractivity contribution in [1.82, 2.24) is 4.98 Å². The molecule has 136 valence electrons. The maximum absolute atomic E-state index is 13.0. The lowest BCUT2D eigenvalue weighted by molar-refractivity contribution is 0.122. The van der Waals surface area contributed by atoms with Crippen LogP contribution in [0.15, 0.2) is 47.5 Å². The monoisotopic (exact) mass is 388 g/mol. The number of rotatable bonds is 7. The second-order valence-electron chi connectivity index (χ2n) is 5.31. The number of sulfone groups is 1. The molecule has 0 aliphatic heterocycles. The van der Waals surface area contributed by atoms with Crippen molar-refractivity contribution >= 4 is 25.7 Å². The maximum Gasteiger partial charge on any atom is 0.236 e. The van der Waals surface area contributed by atoms with Crippen LogP contribution in [0.25, 0.3) is 0 Å². The average molecular weight is 388 g/mol. The first-order chi connectivity index (χ1) is 11.6. The molecule has 1 N–H and O–H groups in total. The van der Waals surface area contributed by atoms with Crippen LogP contribution in [0, 0.1) is 5.82 Å². The lowest BCUT2D eigenvalue weighted by Gasteiger charge is -2.16. The van der Waals surface area contributed by atoms with Crippen molar-refractivity contribution in [3.63, 3.8) is 0 Å². The van der Waals surface area contributed by atoms with E-state index in [1.807, 2.05) is 0 Å². The second-order valence-corrected chi connectivity index (χ2v) is 9.09. The number of sulfonamides is 1. The number of pyridine rings is 1. The van der Waals surface area contributed by atoms with E-state index in [-0.39, 0.29) is 10.7 Å². The molecule has 7 nitrogen and oxygen atoms in total. The van der Waals surface area contributed by atoms with Gasteiger partial charge in [0.15, 0.2) is 9.84 Å². The van der Waals surface area contributed by atoms with E-state index < -0.39 is 37.5 Å². The summed E-state index contributed by atoms with van der Waals surface area (Å²) in [6.45, 7) is 0. The van der Waals surface area contributed by atoms with E-state index in [0.717, 1.165) is 12.3 Å². The predicted octanol–water partition coefficient (Wildman–Crippen LogP) is 1.75. The summed E-state index contributed by atoms with van der Waals surface area (Å²) in [5.41, 5.74) is 0.493. The number of anilines is 1. The Kier molecular flexibility index (Phi) is 5.76. The third kappa shape index (κ3) is 5.48. The number of methoxy groups -OCH3 is 1. The Labute approximate surface area is 145 Å². The van der Waals surface area contributed by atoms with E-state index in [4.69, 9.17) is 4.74 Å². The maximum atomic E-state index is 13.0. The van der Waals surface area contributed by atoms with Crippen LogP contribution >= 0.6 is 0 Å². The number of hydrogen-bond donors (Lipinski definition) is 1. The first-order valence-electron chi connectivity index (χ1n) is 7.05. The minimum atomic E-state index is -3.89. The van der Waals surface area contributed by atoms with Gasteiger partial charge in [-0.15, -0.1) is 0 Å². The quantitative estimate of drug-likeness (QED) is 0.775. The highest BCUT2D eigenvalue weighted by Gasteiger charge is 2.21. The molecule has 0 amide bonds. The molecule has 10 heteroatoms. The molecule has 0 fully saturated rings. The number of halogens is 1. The Balaban J connectivity index is 2.20. The van der Waals surface area contributed by atoms with Crippen LogP contribution in [0.1, 0.15) is 11.7 Å². The van der Waals surface area contributed by atoms with Crippen LogP contribution in [0.4, 0.5) is 10.2 Å². The molecule has 1 heterocycles. The van der Waals surface area contributed by atoms with Gasteiger partial charge in [-0.3, -0.25) is 4.72 Å². The molecule has 0 aliphatic rings. The van der Waals surface area contributed by atoms with Crippen molar-refractivity contribution in [2.45, 2.75) is 11.0 Å².